The second kappa shape index (κ2) is 32.9. The number of aliphatic hydroxyl groups excluding tert-OH is 1. The fourth-order valence-corrected chi connectivity index (χ4v) is 15.5. The minimum absolute atomic E-state index is 0.00836. The highest BCUT2D eigenvalue weighted by Crippen LogP contribution is 2.60. The molecule has 1 aliphatic carbocycles. The lowest BCUT2D eigenvalue weighted by molar-refractivity contribution is -0.141. The summed E-state index contributed by atoms with van der Waals surface area (Å²) in [6.45, 7) is 8.18. The van der Waals surface area contributed by atoms with Crippen LogP contribution in [0.15, 0.2) is 95.7 Å². The Hall–Kier alpha value is -8.40. The number of carbonyl (C=O) groups is 5. The predicted octanol–water partition coefficient (Wildman–Crippen LogP) is 6.08. The number of unbranched alkanes of at least 4 members (excludes halogenated alkanes) is 2. The highest BCUT2D eigenvalue weighted by atomic mass is 31.3. The number of hydrogen-bond acceptors (Lipinski definition) is 25. The minimum Gasteiger partial charge on any atom is -0.474 e. The Kier molecular flexibility index (Phi) is 24.0. The zero-order chi connectivity index (χ0) is 70.7. The number of phosphoric ester groups is 2. The molecular weight excluding hydrogens is 1340 g/mol. The number of carbonyl (C=O) groups excluding carboxylic acids is 5. The maximum Gasteiger partial charge on any atom is 0.484 e. The largest absolute Gasteiger partial charge is 0.484 e. The number of anilines is 3. The molecule has 3 aromatic heterocycles. The summed E-state index contributed by atoms with van der Waals surface area (Å²) in [6, 6.07) is 22.1. The van der Waals surface area contributed by atoms with E-state index in [0.717, 1.165) is 67.8 Å². The smallest absolute Gasteiger partial charge is 0.474 e. The van der Waals surface area contributed by atoms with Crippen molar-refractivity contribution in [2.75, 3.05) is 87.9 Å². The van der Waals surface area contributed by atoms with Crippen molar-refractivity contribution in [3.8, 4) is 34.8 Å². The van der Waals surface area contributed by atoms with Crippen molar-refractivity contribution in [1.82, 2.24) is 45.7 Å². The number of likely N-dealkylation sites (tertiary alicyclic amines) is 2. The summed E-state index contributed by atoms with van der Waals surface area (Å²) >= 11 is 0. The van der Waals surface area contributed by atoms with Crippen molar-refractivity contribution in [3.05, 3.63) is 108 Å². The summed E-state index contributed by atoms with van der Waals surface area (Å²) in [5.74, 6) is -1.30. The number of imide groups is 1. The van der Waals surface area contributed by atoms with Gasteiger partial charge >= 0.3 is 15.6 Å². The van der Waals surface area contributed by atoms with E-state index in [9.17, 15) is 53.3 Å². The van der Waals surface area contributed by atoms with Gasteiger partial charge in [0.05, 0.1) is 54.0 Å². The molecule has 5 aromatic rings. The molecule has 31 nitrogen and oxygen atoms in total. The number of fused-ring (bicyclic) bond motifs is 2. The Morgan fingerprint density at radius 3 is 2.27 bits per heavy atom. The van der Waals surface area contributed by atoms with E-state index in [0.29, 0.717) is 79.7 Å². The fraction of sp³-hybridized carbons (Fsp3) is 0.522. The lowest BCUT2D eigenvalue weighted by atomic mass is 9.91. The zero-order valence-electron chi connectivity index (χ0n) is 55.9. The average molecular weight is 1420 g/mol. The molecule has 4 unspecified atom stereocenters. The van der Waals surface area contributed by atoms with Crippen LogP contribution in [0.25, 0.3) is 11.3 Å². The number of ether oxygens (including phenoxy) is 4. The van der Waals surface area contributed by atoms with Gasteiger partial charge in [-0.1, -0.05) is 44.5 Å². The molecule has 536 valence electrons. The van der Waals surface area contributed by atoms with Crippen LogP contribution >= 0.6 is 15.6 Å². The van der Waals surface area contributed by atoms with Gasteiger partial charge in [-0.15, -0.1) is 10.2 Å². The number of rotatable bonds is 33. The molecule has 2 bridgehead atoms. The van der Waals surface area contributed by atoms with Crippen LogP contribution in [-0.2, 0) is 51.2 Å². The number of aliphatic hydroxyl groups is 1. The number of nitrogen functional groups attached to an aromatic ring is 1. The van der Waals surface area contributed by atoms with E-state index in [1.54, 1.807) is 60.8 Å². The fourth-order valence-electron chi connectivity index (χ4n) is 13.5. The first kappa shape index (κ1) is 72.8. The van der Waals surface area contributed by atoms with E-state index in [1.165, 1.54) is 17.1 Å². The highest BCUT2D eigenvalue weighted by Gasteiger charge is 2.45. The summed E-state index contributed by atoms with van der Waals surface area (Å²) in [6.07, 6.45) is 10.4. The number of aromatic nitrogens is 4. The lowest BCUT2D eigenvalue weighted by Crippen LogP contribution is -2.54. The molecule has 100 heavy (non-hydrogen) atoms. The van der Waals surface area contributed by atoms with Crippen molar-refractivity contribution < 1.29 is 84.8 Å². The molecule has 2 aromatic carbocycles. The second-order valence-corrected chi connectivity index (χ2v) is 29.2. The van der Waals surface area contributed by atoms with E-state index in [-0.39, 0.29) is 116 Å². The van der Waals surface area contributed by atoms with Gasteiger partial charge in [0.15, 0.2) is 18.4 Å². The number of piperazine rings is 1. The molecule has 1 saturated carbocycles. The van der Waals surface area contributed by atoms with E-state index < -0.39 is 53.2 Å². The predicted molar refractivity (Wildman–Crippen MR) is 360 cm³/mol. The summed E-state index contributed by atoms with van der Waals surface area (Å²) in [5, 5.41) is 38.1. The number of piperidine rings is 1. The molecule has 5 amide bonds. The van der Waals surface area contributed by atoms with Crippen LogP contribution in [-0.4, -0.2) is 194 Å². The molecule has 5 fully saturated rings. The number of β-amino-alcohol motifs (C(OH)–C–C–N with tert-alkyl or cyclic N) is 1. The van der Waals surface area contributed by atoms with Crippen molar-refractivity contribution in [2.24, 2.45) is 5.92 Å². The van der Waals surface area contributed by atoms with Crippen LogP contribution in [0.4, 0.5) is 17.2 Å². The van der Waals surface area contributed by atoms with Crippen LogP contribution in [0.2, 0.25) is 0 Å². The van der Waals surface area contributed by atoms with E-state index in [1.807, 2.05) is 39.0 Å². The van der Waals surface area contributed by atoms with Crippen LogP contribution in [0, 0.1) is 17.2 Å². The van der Waals surface area contributed by atoms with Crippen molar-refractivity contribution in [3.63, 3.8) is 0 Å². The van der Waals surface area contributed by atoms with Gasteiger partial charge in [0.2, 0.25) is 23.6 Å². The van der Waals surface area contributed by atoms with Crippen molar-refractivity contribution in [1.29, 1.82) is 5.26 Å². The zero-order valence-corrected chi connectivity index (χ0v) is 57.7. The van der Waals surface area contributed by atoms with Gasteiger partial charge in [-0.25, -0.2) is 18.6 Å². The molecule has 5 aliphatic heterocycles. The maximum absolute atomic E-state index is 14.2. The molecule has 8 atom stereocenters. The average Bonchev–Trinajstić information content (AvgIpc) is 1.22. The third-order valence-corrected chi connectivity index (χ3v) is 21.3. The van der Waals surface area contributed by atoms with Gasteiger partial charge in [-0.05, 0) is 98.5 Å². The van der Waals surface area contributed by atoms with Crippen molar-refractivity contribution in [2.45, 2.75) is 146 Å². The van der Waals surface area contributed by atoms with Crippen LogP contribution in [0.1, 0.15) is 120 Å². The minimum atomic E-state index is -5.24. The van der Waals surface area contributed by atoms with Gasteiger partial charge < -0.3 is 69.4 Å². The first-order chi connectivity index (χ1) is 48.0. The number of nitriles is 1. The summed E-state index contributed by atoms with van der Waals surface area (Å²) in [7, 11) is -10.4. The van der Waals surface area contributed by atoms with Gasteiger partial charge in [-0.3, -0.25) is 38.3 Å². The van der Waals surface area contributed by atoms with Gasteiger partial charge in [0, 0.05) is 132 Å². The number of nitrogens with two attached hydrogens (primary N) is 1. The normalized spacial score (nSPS) is 22.6. The Bertz CT molecular complexity index is 3850. The molecular formula is C67H85N13O18P2. The van der Waals surface area contributed by atoms with E-state index in [4.69, 9.17) is 38.3 Å². The first-order valence-corrected chi connectivity index (χ1v) is 36.8. The SMILES string of the molecule is CC(C)[C@@H](C(=O)N1C[C@H](O)C[C@H]1C(=O)N[C@@H](C)c1ccc(C#N)cc1)c1cc(OCCN2CCC(O[C@H]3C[C@H](Oc4cc(N5C6CCC5CN(c5cc(-c7ccccc7OCOP(=O)(O)OP(=O)(O)OCCNC(=O)CCCCCN7C(=O)C=CC7=O)nnc5N)C6)ccn4)C3)CC2)no1. The number of hydrogen-bond donors (Lipinski definition) is 6. The first-order valence-electron chi connectivity index (χ1n) is 33.8. The molecule has 11 rings (SSSR count). The topological polar surface area (TPSA) is 400 Å². The highest BCUT2D eigenvalue weighted by molar-refractivity contribution is 7.61. The molecule has 4 saturated heterocycles. The second-order valence-electron chi connectivity index (χ2n) is 26.1. The Balaban J connectivity index is 0.575. The van der Waals surface area contributed by atoms with Crippen molar-refractivity contribution >= 4 is 62.4 Å². The van der Waals surface area contributed by atoms with Gasteiger partial charge in [0.1, 0.15) is 30.4 Å². The standard InChI is InChI=1S/C67H85N13O18P2/c1-42(2)64(67(86)79-40-49(81)32-56(79)66(85)72-43(3)45-14-12-44(37-68)13-15-45)58-36-61(75-97-58)91-30-28-76-26-21-50(22-27-76)95-51-33-52(34-51)96-60-31-46(20-23-71-60)80-47-16-17-48(80)39-77(38-47)55-35-54(73-74-65(55)69)53-9-6-7-10-57(53)92-41-94-100(89,90)98-99(87,88)93-29-24-70-59(82)11-5-4-8-25-78-62(83)18-19-63(78)84/h6-7,9-10,12-15,18-20,23,31,35-36,42-43,47-52,56,64,81H,4-5,8,11,16-17,21-22,24-30,32-34,38-41H2,1-3H3,(H2,69,74)(H,70,82)(H,72,85)(H,87,88)(H,89,90)/t43-,47?,48?,49+,51-,52-,56-,64+/m0/s1. The van der Waals surface area contributed by atoms with Gasteiger partial charge in [-0.2, -0.15) is 9.57 Å². The lowest BCUT2D eigenvalue weighted by Gasteiger charge is -2.43. The number of nitrogens with one attached hydrogen (secondary N) is 2. The third kappa shape index (κ3) is 18.8. The number of nitrogens with zero attached hydrogens (tertiary/aromatic N) is 10. The Morgan fingerprint density at radius 1 is 0.810 bits per heavy atom. The molecule has 0 spiro atoms. The summed E-state index contributed by atoms with van der Waals surface area (Å²) in [5.41, 5.74) is 10.3. The monoisotopic (exact) mass is 1420 g/mol. The molecule has 33 heteroatoms. The molecule has 6 aliphatic rings. The van der Waals surface area contributed by atoms with Crippen LogP contribution < -0.4 is 40.4 Å². The third-order valence-electron chi connectivity index (χ3n) is 18.7. The summed E-state index contributed by atoms with van der Waals surface area (Å²) < 4.78 is 69.8. The van der Waals surface area contributed by atoms with E-state index in [2.05, 4.69) is 56.1 Å². The van der Waals surface area contributed by atoms with Crippen LogP contribution in [0.3, 0.4) is 0 Å². The maximum atomic E-state index is 14.2. The number of para-hydroxylation sites is 1. The quantitative estimate of drug-likeness (QED) is 0.0120. The molecule has 7 N–H and O–H groups in total. The summed E-state index contributed by atoms with van der Waals surface area (Å²) in [4.78, 5) is 97.9. The molecule has 8 heterocycles. The number of phosphoric acid groups is 2. The van der Waals surface area contributed by atoms with Gasteiger partial charge in [0.25, 0.3) is 17.7 Å². The Labute approximate surface area is 578 Å². The number of amides is 5. The number of benzene rings is 2. The molecule has 0 radical (unpaired) electrons. The van der Waals surface area contributed by atoms with E-state index >= 15 is 0 Å². The Morgan fingerprint density at radius 2 is 1.54 bits per heavy atom. The number of pyridine rings is 1. The van der Waals surface area contributed by atoms with Crippen LogP contribution in [0.5, 0.6) is 17.5 Å².